The zero-order valence-electron chi connectivity index (χ0n) is 9.64. The molecule has 0 spiro atoms. The van der Waals surface area contributed by atoms with Crippen LogP contribution < -0.4 is 11.1 Å². The number of hydrogen-bond donors (Lipinski definition) is 2. The van der Waals surface area contributed by atoms with Crippen LogP contribution in [0.2, 0.25) is 0 Å². The SMILES string of the molecule is CCC1CSC(Nc2cccc(C(N)=O)c2)=N1. The molecule has 0 saturated heterocycles. The minimum atomic E-state index is -0.416. The van der Waals surface area contributed by atoms with Crippen molar-refractivity contribution in [3.63, 3.8) is 0 Å². The first kappa shape index (κ1) is 12.0. The molecule has 0 aromatic heterocycles. The van der Waals surface area contributed by atoms with Crippen molar-refractivity contribution < 1.29 is 4.79 Å². The highest BCUT2D eigenvalue weighted by atomic mass is 32.2. The average Bonchev–Trinajstić information content (AvgIpc) is 2.77. The number of nitrogens with two attached hydrogens (primary N) is 1. The Morgan fingerprint density at radius 1 is 1.65 bits per heavy atom. The first-order chi connectivity index (χ1) is 8.19. The van der Waals surface area contributed by atoms with Crippen LogP contribution in [0.4, 0.5) is 5.69 Å². The molecule has 5 heteroatoms. The summed E-state index contributed by atoms with van der Waals surface area (Å²) in [7, 11) is 0. The van der Waals surface area contributed by atoms with Crippen LogP contribution in [0.1, 0.15) is 23.7 Å². The highest BCUT2D eigenvalue weighted by molar-refractivity contribution is 8.14. The fraction of sp³-hybridized carbons (Fsp3) is 0.333. The van der Waals surface area contributed by atoms with E-state index in [1.165, 1.54) is 0 Å². The summed E-state index contributed by atoms with van der Waals surface area (Å²) in [6, 6.07) is 7.55. The highest BCUT2D eigenvalue weighted by Crippen LogP contribution is 2.22. The van der Waals surface area contributed by atoms with E-state index in [0.717, 1.165) is 23.0 Å². The minimum Gasteiger partial charge on any atom is -0.366 e. The Kier molecular flexibility index (Phi) is 3.68. The van der Waals surface area contributed by atoms with E-state index in [9.17, 15) is 4.79 Å². The summed E-state index contributed by atoms with van der Waals surface area (Å²) in [6.07, 6.45) is 1.06. The molecule has 0 bridgehead atoms. The number of benzene rings is 1. The van der Waals surface area contributed by atoms with Crippen molar-refractivity contribution in [1.82, 2.24) is 0 Å². The van der Waals surface area contributed by atoms with E-state index in [1.807, 2.05) is 6.07 Å². The molecule has 1 aliphatic heterocycles. The molecule has 0 radical (unpaired) electrons. The lowest BCUT2D eigenvalue weighted by molar-refractivity contribution is 0.100. The number of amidine groups is 1. The number of nitrogens with zero attached hydrogens (tertiary/aromatic N) is 1. The van der Waals surface area contributed by atoms with Crippen molar-refractivity contribution >= 4 is 28.5 Å². The van der Waals surface area contributed by atoms with Gasteiger partial charge in [-0.15, -0.1) is 0 Å². The zero-order valence-corrected chi connectivity index (χ0v) is 10.5. The van der Waals surface area contributed by atoms with Crippen LogP contribution in [-0.4, -0.2) is 22.9 Å². The van der Waals surface area contributed by atoms with Gasteiger partial charge in [0.25, 0.3) is 0 Å². The molecule has 1 heterocycles. The van der Waals surface area contributed by atoms with Crippen LogP contribution in [0.25, 0.3) is 0 Å². The summed E-state index contributed by atoms with van der Waals surface area (Å²) in [5.74, 6) is 0.607. The van der Waals surface area contributed by atoms with Gasteiger partial charge in [-0.05, 0) is 24.6 Å². The largest absolute Gasteiger partial charge is 0.366 e. The Morgan fingerprint density at radius 3 is 3.12 bits per heavy atom. The van der Waals surface area contributed by atoms with E-state index in [2.05, 4.69) is 17.2 Å². The molecule has 17 heavy (non-hydrogen) atoms. The lowest BCUT2D eigenvalue weighted by Crippen LogP contribution is -2.12. The minimum absolute atomic E-state index is 0.404. The van der Waals surface area contributed by atoms with Gasteiger partial charge in [0.1, 0.15) is 0 Å². The molecule has 4 nitrogen and oxygen atoms in total. The molecule has 1 aliphatic rings. The van der Waals surface area contributed by atoms with Crippen LogP contribution in [-0.2, 0) is 0 Å². The third-order valence-electron chi connectivity index (χ3n) is 2.58. The number of nitrogens with one attached hydrogen (secondary N) is 1. The smallest absolute Gasteiger partial charge is 0.248 e. The van der Waals surface area contributed by atoms with Crippen molar-refractivity contribution in [3.05, 3.63) is 29.8 Å². The predicted molar refractivity (Wildman–Crippen MR) is 72.6 cm³/mol. The molecule has 0 saturated carbocycles. The fourth-order valence-corrected chi connectivity index (χ4v) is 2.64. The molecular formula is C12H15N3OS. The first-order valence-corrected chi connectivity index (χ1v) is 6.55. The van der Waals surface area contributed by atoms with E-state index < -0.39 is 5.91 Å². The Bertz CT molecular complexity index is 459. The van der Waals surface area contributed by atoms with Gasteiger partial charge in [-0.25, -0.2) is 0 Å². The average molecular weight is 249 g/mol. The van der Waals surface area contributed by atoms with Crippen molar-refractivity contribution in [3.8, 4) is 0 Å². The van der Waals surface area contributed by atoms with E-state index in [4.69, 9.17) is 5.73 Å². The Hall–Kier alpha value is -1.49. The topological polar surface area (TPSA) is 67.5 Å². The Labute approximate surface area is 105 Å². The third kappa shape index (κ3) is 3.00. The molecular weight excluding hydrogens is 234 g/mol. The van der Waals surface area contributed by atoms with Gasteiger partial charge in [-0.1, -0.05) is 24.8 Å². The summed E-state index contributed by atoms with van der Waals surface area (Å²) in [5.41, 5.74) is 6.59. The first-order valence-electron chi connectivity index (χ1n) is 5.56. The van der Waals surface area contributed by atoms with Crippen molar-refractivity contribution in [2.45, 2.75) is 19.4 Å². The molecule has 2 rings (SSSR count). The number of hydrogen-bond acceptors (Lipinski definition) is 4. The number of anilines is 1. The molecule has 1 atom stereocenters. The lowest BCUT2D eigenvalue weighted by atomic mass is 10.2. The van der Waals surface area contributed by atoms with Gasteiger partial charge in [-0.3, -0.25) is 9.79 Å². The number of primary amides is 1. The van der Waals surface area contributed by atoms with Crippen LogP contribution in [0, 0.1) is 0 Å². The summed E-state index contributed by atoms with van der Waals surface area (Å²) in [5, 5.41) is 4.12. The monoisotopic (exact) mass is 249 g/mol. The van der Waals surface area contributed by atoms with Gasteiger partial charge < -0.3 is 11.1 Å². The van der Waals surface area contributed by atoms with Gasteiger partial charge in [0.2, 0.25) is 5.91 Å². The summed E-state index contributed by atoms with van der Waals surface area (Å²) >= 11 is 1.71. The summed E-state index contributed by atoms with van der Waals surface area (Å²) < 4.78 is 0. The second kappa shape index (κ2) is 5.23. The number of amides is 1. The maximum Gasteiger partial charge on any atom is 0.248 e. The lowest BCUT2D eigenvalue weighted by Gasteiger charge is -2.05. The third-order valence-corrected chi connectivity index (χ3v) is 3.61. The van der Waals surface area contributed by atoms with Gasteiger partial charge >= 0.3 is 0 Å². The van der Waals surface area contributed by atoms with Crippen molar-refractivity contribution in [2.24, 2.45) is 10.7 Å². The summed E-state index contributed by atoms with van der Waals surface area (Å²) in [4.78, 5) is 15.6. The number of aliphatic imine (C=N–C) groups is 1. The van der Waals surface area contributed by atoms with Crippen molar-refractivity contribution in [1.29, 1.82) is 0 Å². The molecule has 90 valence electrons. The van der Waals surface area contributed by atoms with Crippen molar-refractivity contribution in [2.75, 3.05) is 11.1 Å². The Balaban J connectivity index is 2.09. The van der Waals surface area contributed by atoms with Gasteiger partial charge in [-0.2, -0.15) is 0 Å². The van der Waals surface area contributed by atoms with Gasteiger partial charge in [0.05, 0.1) is 6.04 Å². The van der Waals surface area contributed by atoms with E-state index >= 15 is 0 Å². The summed E-state index contributed by atoms with van der Waals surface area (Å²) in [6.45, 7) is 2.13. The second-order valence-electron chi connectivity index (χ2n) is 3.88. The molecule has 1 unspecified atom stereocenters. The maximum atomic E-state index is 11.0. The second-order valence-corrected chi connectivity index (χ2v) is 4.89. The molecule has 1 aromatic rings. The number of rotatable bonds is 3. The molecule has 1 aromatic carbocycles. The van der Waals surface area contributed by atoms with E-state index in [0.29, 0.717) is 11.6 Å². The normalized spacial score (nSPS) is 18.9. The molecule has 1 amide bonds. The highest BCUT2D eigenvalue weighted by Gasteiger charge is 2.16. The molecule has 0 aliphatic carbocycles. The number of carbonyl (C=O) groups is 1. The Morgan fingerprint density at radius 2 is 2.47 bits per heavy atom. The van der Waals surface area contributed by atoms with Gasteiger partial charge in [0.15, 0.2) is 5.17 Å². The van der Waals surface area contributed by atoms with E-state index in [1.54, 1.807) is 30.0 Å². The fourth-order valence-electron chi connectivity index (χ4n) is 1.57. The van der Waals surface area contributed by atoms with Gasteiger partial charge in [0, 0.05) is 17.0 Å². The maximum absolute atomic E-state index is 11.0. The number of carbonyl (C=O) groups excluding carboxylic acids is 1. The zero-order chi connectivity index (χ0) is 12.3. The van der Waals surface area contributed by atoms with Crippen LogP contribution in [0.3, 0.4) is 0 Å². The molecule has 0 fully saturated rings. The quantitative estimate of drug-likeness (QED) is 0.861. The standard InChI is InChI=1S/C12H15N3OS/c1-2-9-7-17-12(14-9)15-10-5-3-4-8(6-10)11(13)16/h3-6,9H,2,7H2,1H3,(H2,13,16)(H,14,15). The van der Waals surface area contributed by atoms with Crippen LogP contribution in [0.5, 0.6) is 0 Å². The van der Waals surface area contributed by atoms with Crippen LogP contribution in [0.15, 0.2) is 29.3 Å². The van der Waals surface area contributed by atoms with Crippen LogP contribution >= 0.6 is 11.8 Å². The molecule has 3 N–H and O–H groups in total. The number of thioether (sulfide) groups is 1. The predicted octanol–water partition coefficient (Wildman–Crippen LogP) is 2.08. The van der Waals surface area contributed by atoms with E-state index in [-0.39, 0.29) is 0 Å².